The number of amides is 1. The van der Waals surface area contributed by atoms with Crippen molar-refractivity contribution in [3.05, 3.63) is 18.1 Å². The van der Waals surface area contributed by atoms with Gasteiger partial charge in [0.1, 0.15) is 6.07 Å². The zero-order valence-corrected chi connectivity index (χ0v) is 13.4. The minimum absolute atomic E-state index is 0.245. The Bertz CT molecular complexity index is 583. The van der Waals surface area contributed by atoms with Gasteiger partial charge in [0.15, 0.2) is 11.5 Å². The number of hydrogen-bond donors (Lipinski definition) is 1. The van der Waals surface area contributed by atoms with Gasteiger partial charge < -0.3 is 10.2 Å². The molecule has 6 nitrogen and oxygen atoms in total. The molecule has 23 heavy (non-hydrogen) atoms. The lowest BCUT2D eigenvalue weighted by Crippen LogP contribution is -2.45. The molecule has 0 bridgehead atoms. The number of hydrogen-bond acceptors (Lipinski definition) is 5. The third-order valence-corrected chi connectivity index (χ3v) is 4.91. The van der Waals surface area contributed by atoms with E-state index in [1.807, 2.05) is 4.90 Å². The Morgan fingerprint density at radius 2 is 1.83 bits per heavy atom. The topological polar surface area (TPSA) is 81.9 Å². The Hall–Kier alpha value is -2.16. The normalized spacial score (nSPS) is 20.0. The van der Waals surface area contributed by atoms with Gasteiger partial charge in [0, 0.05) is 37.4 Å². The molecule has 1 aromatic rings. The summed E-state index contributed by atoms with van der Waals surface area (Å²) in [5.74, 6) is 1.14. The van der Waals surface area contributed by atoms with Gasteiger partial charge >= 0.3 is 0 Å². The lowest BCUT2D eigenvalue weighted by atomic mass is 9.87. The van der Waals surface area contributed by atoms with Crippen LogP contribution in [0.2, 0.25) is 0 Å². The second kappa shape index (κ2) is 7.40. The van der Waals surface area contributed by atoms with Gasteiger partial charge in [-0.05, 0) is 25.7 Å². The van der Waals surface area contributed by atoms with E-state index in [1.54, 1.807) is 6.20 Å². The van der Waals surface area contributed by atoms with Crippen molar-refractivity contribution in [3.63, 3.8) is 0 Å². The Balaban J connectivity index is 1.52. The Kier molecular flexibility index (Phi) is 5.06. The molecule has 2 heterocycles. The molecule has 122 valence electrons. The number of piperidine rings is 1. The standard InChI is InChI=1S/C17H23N5O/c18-12-15-16(20-9-8-19-15)21-14-6-10-22(11-7-14)17(23)13-4-2-1-3-5-13/h8-9,13-14H,1-7,10-11H2,(H,20,21). The number of likely N-dealkylation sites (tertiary alicyclic amines) is 1. The molecule has 0 atom stereocenters. The maximum atomic E-state index is 12.6. The second-order valence-corrected chi connectivity index (χ2v) is 6.44. The van der Waals surface area contributed by atoms with Crippen LogP contribution in [0.4, 0.5) is 5.82 Å². The molecule has 2 fully saturated rings. The van der Waals surface area contributed by atoms with Crippen molar-refractivity contribution in [3.8, 4) is 6.07 Å². The molecule has 0 unspecified atom stereocenters. The van der Waals surface area contributed by atoms with Crippen LogP contribution in [0.3, 0.4) is 0 Å². The average Bonchev–Trinajstić information content (AvgIpc) is 2.63. The highest BCUT2D eigenvalue weighted by atomic mass is 16.2. The fraction of sp³-hybridized carbons (Fsp3) is 0.647. The van der Waals surface area contributed by atoms with Crippen molar-refractivity contribution in [1.82, 2.24) is 14.9 Å². The highest BCUT2D eigenvalue weighted by molar-refractivity contribution is 5.79. The van der Waals surface area contributed by atoms with Crippen molar-refractivity contribution < 1.29 is 4.79 Å². The van der Waals surface area contributed by atoms with Gasteiger partial charge in [0.25, 0.3) is 0 Å². The highest BCUT2D eigenvalue weighted by Gasteiger charge is 2.29. The van der Waals surface area contributed by atoms with Crippen molar-refractivity contribution in [2.75, 3.05) is 18.4 Å². The summed E-state index contributed by atoms with van der Waals surface area (Å²) < 4.78 is 0. The summed E-state index contributed by atoms with van der Waals surface area (Å²) >= 11 is 0. The van der Waals surface area contributed by atoms with E-state index in [0.717, 1.165) is 38.8 Å². The third-order valence-electron chi connectivity index (χ3n) is 4.91. The number of rotatable bonds is 3. The molecule has 2 aliphatic rings. The van der Waals surface area contributed by atoms with Crippen LogP contribution in [0.1, 0.15) is 50.6 Å². The molecule has 1 aliphatic carbocycles. The summed E-state index contributed by atoms with van der Waals surface area (Å²) in [5.41, 5.74) is 0.327. The van der Waals surface area contributed by atoms with Gasteiger partial charge in [-0.2, -0.15) is 5.26 Å². The summed E-state index contributed by atoms with van der Waals surface area (Å²) in [6, 6.07) is 2.30. The van der Waals surface area contributed by atoms with Crippen LogP contribution in [0.15, 0.2) is 12.4 Å². The van der Waals surface area contributed by atoms with E-state index in [2.05, 4.69) is 21.4 Å². The number of carbonyl (C=O) groups excluding carboxylic acids is 1. The van der Waals surface area contributed by atoms with Crippen LogP contribution in [-0.4, -0.2) is 39.9 Å². The molecule has 1 aliphatic heterocycles. The van der Waals surface area contributed by atoms with Gasteiger partial charge in [0.2, 0.25) is 5.91 Å². The van der Waals surface area contributed by atoms with Gasteiger partial charge in [-0.3, -0.25) is 4.79 Å². The first-order chi connectivity index (χ1) is 11.3. The van der Waals surface area contributed by atoms with Crippen molar-refractivity contribution in [2.24, 2.45) is 5.92 Å². The smallest absolute Gasteiger partial charge is 0.225 e. The maximum Gasteiger partial charge on any atom is 0.225 e. The zero-order chi connectivity index (χ0) is 16.1. The van der Waals surface area contributed by atoms with Crippen LogP contribution in [0, 0.1) is 17.2 Å². The molecule has 0 aromatic carbocycles. The van der Waals surface area contributed by atoms with Gasteiger partial charge in [-0.25, -0.2) is 9.97 Å². The van der Waals surface area contributed by atoms with Crippen LogP contribution < -0.4 is 5.32 Å². The van der Waals surface area contributed by atoms with Gasteiger partial charge in [-0.15, -0.1) is 0 Å². The zero-order valence-electron chi connectivity index (χ0n) is 13.4. The van der Waals surface area contributed by atoms with E-state index >= 15 is 0 Å². The molecule has 1 aromatic heterocycles. The first-order valence-corrected chi connectivity index (χ1v) is 8.54. The number of nitrogens with one attached hydrogen (secondary N) is 1. The molecule has 1 saturated carbocycles. The van der Waals surface area contributed by atoms with Gasteiger partial charge in [0.05, 0.1) is 0 Å². The fourth-order valence-electron chi connectivity index (χ4n) is 3.57. The molecule has 0 spiro atoms. The fourth-order valence-corrected chi connectivity index (χ4v) is 3.57. The average molecular weight is 313 g/mol. The van der Waals surface area contributed by atoms with Crippen LogP contribution >= 0.6 is 0 Å². The molecule has 6 heteroatoms. The maximum absolute atomic E-state index is 12.6. The van der Waals surface area contributed by atoms with E-state index in [0.29, 0.717) is 17.4 Å². The molecule has 1 amide bonds. The van der Waals surface area contributed by atoms with E-state index in [-0.39, 0.29) is 12.0 Å². The van der Waals surface area contributed by atoms with Crippen LogP contribution in [-0.2, 0) is 4.79 Å². The Labute approximate surface area is 136 Å². The first kappa shape index (κ1) is 15.7. The number of carbonyl (C=O) groups is 1. The quantitative estimate of drug-likeness (QED) is 0.926. The third kappa shape index (κ3) is 3.79. The number of nitrogens with zero attached hydrogens (tertiary/aromatic N) is 4. The minimum Gasteiger partial charge on any atom is -0.365 e. The van der Waals surface area contributed by atoms with Crippen LogP contribution in [0.5, 0.6) is 0 Å². The molecule has 1 N–H and O–H groups in total. The minimum atomic E-state index is 0.245. The van der Waals surface area contributed by atoms with Gasteiger partial charge in [-0.1, -0.05) is 19.3 Å². The Morgan fingerprint density at radius 3 is 2.52 bits per heavy atom. The molecular formula is C17H23N5O. The Morgan fingerprint density at radius 1 is 1.13 bits per heavy atom. The highest BCUT2D eigenvalue weighted by Crippen LogP contribution is 2.27. The molecule has 3 rings (SSSR count). The first-order valence-electron chi connectivity index (χ1n) is 8.54. The van der Waals surface area contributed by atoms with E-state index in [9.17, 15) is 4.79 Å². The number of nitriles is 1. The summed E-state index contributed by atoms with van der Waals surface area (Å²) in [4.78, 5) is 22.8. The predicted molar refractivity (Wildman–Crippen MR) is 86.5 cm³/mol. The summed E-state index contributed by atoms with van der Waals surface area (Å²) in [7, 11) is 0. The molecule has 0 radical (unpaired) electrons. The number of aromatic nitrogens is 2. The number of anilines is 1. The van der Waals surface area contributed by atoms with E-state index in [1.165, 1.54) is 25.5 Å². The SMILES string of the molecule is N#Cc1nccnc1NC1CCN(C(=O)C2CCCCC2)CC1. The van der Waals surface area contributed by atoms with Crippen LogP contribution in [0.25, 0.3) is 0 Å². The van der Waals surface area contributed by atoms with Crippen molar-refractivity contribution in [1.29, 1.82) is 5.26 Å². The van der Waals surface area contributed by atoms with Crippen molar-refractivity contribution >= 4 is 11.7 Å². The monoisotopic (exact) mass is 313 g/mol. The summed E-state index contributed by atoms with van der Waals surface area (Å²) in [6.45, 7) is 1.57. The summed E-state index contributed by atoms with van der Waals surface area (Å²) in [6.07, 6.45) is 10.7. The predicted octanol–water partition coefficient (Wildman–Crippen LogP) is 2.33. The van der Waals surface area contributed by atoms with Crippen molar-refractivity contribution in [2.45, 2.75) is 51.0 Å². The molecular weight excluding hydrogens is 290 g/mol. The molecule has 1 saturated heterocycles. The van der Waals surface area contributed by atoms with E-state index < -0.39 is 0 Å². The lowest BCUT2D eigenvalue weighted by molar-refractivity contribution is -0.137. The summed E-state index contributed by atoms with van der Waals surface area (Å²) in [5, 5.41) is 12.4. The van der Waals surface area contributed by atoms with E-state index in [4.69, 9.17) is 5.26 Å². The second-order valence-electron chi connectivity index (χ2n) is 6.44. The largest absolute Gasteiger partial charge is 0.365 e. The lowest BCUT2D eigenvalue weighted by Gasteiger charge is -2.35.